The first-order valence-electron chi connectivity index (χ1n) is 10.2. The highest BCUT2D eigenvalue weighted by Crippen LogP contribution is 2.33. The maximum absolute atomic E-state index is 12.6. The third-order valence-electron chi connectivity index (χ3n) is 5.06. The minimum atomic E-state index is 0.151. The summed E-state index contributed by atoms with van der Waals surface area (Å²) < 4.78 is 12.7. The van der Waals surface area contributed by atoms with E-state index in [4.69, 9.17) is 9.47 Å². The lowest BCUT2D eigenvalue weighted by Crippen LogP contribution is -2.05. The number of aryl methyl sites for hydroxylation is 1. The number of nitrogens with zero attached hydrogens (tertiary/aromatic N) is 4. The fraction of sp³-hybridized carbons (Fsp3) is 0.167. The standard InChI is InChI=1S/C24H20N4O3S/c29-20(10-8-17-9-11-21-22(13-17)31-16-30-21)15-32-24-27-26-23(18-5-4-12-25-14-18)28(24)19-6-2-1-3-7-19/h1-7,9,11-14H,8,10,15-16H2. The van der Waals surface area contributed by atoms with Gasteiger partial charge in [0.1, 0.15) is 5.78 Å². The van der Waals surface area contributed by atoms with Gasteiger partial charge in [0.15, 0.2) is 22.5 Å². The largest absolute Gasteiger partial charge is 0.454 e. The molecule has 0 N–H and O–H groups in total. The van der Waals surface area contributed by atoms with E-state index in [2.05, 4.69) is 15.2 Å². The van der Waals surface area contributed by atoms with Crippen LogP contribution in [0.3, 0.4) is 0 Å². The average Bonchev–Trinajstić information content (AvgIpc) is 3.49. The Morgan fingerprint density at radius 2 is 1.88 bits per heavy atom. The molecule has 7 nitrogen and oxygen atoms in total. The molecule has 1 aliphatic rings. The van der Waals surface area contributed by atoms with Crippen LogP contribution in [0.2, 0.25) is 0 Å². The molecule has 0 bridgehead atoms. The van der Waals surface area contributed by atoms with Gasteiger partial charge in [-0.05, 0) is 48.4 Å². The van der Waals surface area contributed by atoms with Crippen molar-refractivity contribution < 1.29 is 14.3 Å². The van der Waals surface area contributed by atoms with Gasteiger partial charge in [0.25, 0.3) is 0 Å². The van der Waals surface area contributed by atoms with Crippen LogP contribution in [0.25, 0.3) is 17.1 Å². The van der Waals surface area contributed by atoms with Gasteiger partial charge in [0, 0.05) is 30.1 Å². The van der Waals surface area contributed by atoms with Crippen molar-refractivity contribution in [1.82, 2.24) is 19.7 Å². The van der Waals surface area contributed by atoms with Gasteiger partial charge < -0.3 is 9.47 Å². The summed E-state index contributed by atoms with van der Waals surface area (Å²) in [6, 6.07) is 19.5. The lowest BCUT2D eigenvalue weighted by atomic mass is 10.1. The Morgan fingerprint density at radius 1 is 1.00 bits per heavy atom. The number of rotatable bonds is 8. The average molecular weight is 445 g/mol. The third kappa shape index (κ3) is 4.36. The van der Waals surface area contributed by atoms with Crippen molar-refractivity contribution >= 4 is 17.5 Å². The smallest absolute Gasteiger partial charge is 0.231 e. The van der Waals surface area contributed by atoms with Crippen LogP contribution >= 0.6 is 11.8 Å². The summed E-state index contributed by atoms with van der Waals surface area (Å²) >= 11 is 1.40. The Balaban J connectivity index is 1.29. The van der Waals surface area contributed by atoms with Gasteiger partial charge >= 0.3 is 0 Å². The first-order chi connectivity index (χ1) is 15.8. The van der Waals surface area contributed by atoms with Crippen LogP contribution in [0.4, 0.5) is 0 Å². The maximum atomic E-state index is 12.6. The molecule has 0 saturated carbocycles. The second kappa shape index (κ2) is 9.23. The number of hydrogen-bond acceptors (Lipinski definition) is 7. The minimum absolute atomic E-state index is 0.151. The first-order valence-corrected chi connectivity index (χ1v) is 11.2. The maximum Gasteiger partial charge on any atom is 0.231 e. The molecule has 0 unspecified atom stereocenters. The predicted octanol–water partition coefficient (Wildman–Crippen LogP) is 4.35. The zero-order chi connectivity index (χ0) is 21.8. The highest BCUT2D eigenvalue weighted by Gasteiger charge is 2.18. The molecule has 8 heteroatoms. The van der Waals surface area contributed by atoms with E-state index in [0.29, 0.717) is 29.6 Å². The molecule has 5 rings (SSSR count). The number of para-hydroxylation sites is 1. The van der Waals surface area contributed by atoms with Crippen LogP contribution in [0.5, 0.6) is 11.5 Å². The number of benzene rings is 2. The summed E-state index contributed by atoms with van der Waals surface area (Å²) in [5.41, 5.74) is 2.86. The highest BCUT2D eigenvalue weighted by atomic mass is 32.2. The van der Waals surface area contributed by atoms with Crippen molar-refractivity contribution in [3.63, 3.8) is 0 Å². The van der Waals surface area contributed by atoms with E-state index in [0.717, 1.165) is 28.3 Å². The number of carbonyl (C=O) groups is 1. The van der Waals surface area contributed by atoms with Gasteiger partial charge in [-0.15, -0.1) is 10.2 Å². The summed E-state index contributed by atoms with van der Waals surface area (Å²) in [6.45, 7) is 0.248. The van der Waals surface area contributed by atoms with Gasteiger partial charge in [-0.2, -0.15) is 0 Å². The summed E-state index contributed by atoms with van der Waals surface area (Å²) in [4.78, 5) is 16.8. The van der Waals surface area contributed by atoms with E-state index in [1.165, 1.54) is 11.8 Å². The van der Waals surface area contributed by atoms with Crippen LogP contribution < -0.4 is 9.47 Å². The molecular weight excluding hydrogens is 424 g/mol. The van der Waals surface area contributed by atoms with E-state index in [1.54, 1.807) is 12.4 Å². The molecule has 3 heterocycles. The quantitative estimate of drug-likeness (QED) is 0.374. The monoisotopic (exact) mass is 444 g/mol. The number of pyridine rings is 1. The zero-order valence-corrected chi connectivity index (χ0v) is 18.0. The molecular formula is C24H20N4O3S. The molecule has 0 aliphatic carbocycles. The topological polar surface area (TPSA) is 79.1 Å². The number of carbonyl (C=O) groups excluding carboxylic acids is 1. The fourth-order valence-corrected chi connectivity index (χ4v) is 4.31. The van der Waals surface area contributed by atoms with Gasteiger partial charge in [0.05, 0.1) is 5.75 Å². The molecule has 32 heavy (non-hydrogen) atoms. The zero-order valence-electron chi connectivity index (χ0n) is 17.2. The van der Waals surface area contributed by atoms with Crippen molar-refractivity contribution in [2.75, 3.05) is 12.5 Å². The fourth-order valence-electron chi connectivity index (χ4n) is 3.45. The van der Waals surface area contributed by atoms with Gasteiger partial charge in [0.2, 0.25) is 6.79 Å². The van der Waals surface area contributed by atoms with E-state index in [9.17, 15) is 4.79 Å². The Hall–Kier alpha value is -3.65. The lowest BCUT2D eigenvalue weighted by Gasteiger charge is -2.10. The van der Waals surface area contributed by atoms with Crippen molar-refractivity contribution in [2.24, 2.45) is 0 Å². The molecule has 0 radical (unpaired) electrons. The lowest BCUT2D eigenvalue weighted by molar-refractivity contribution is -0.116. The molecule has 2 aromatic carbocycles. The molecule has 4 aromatic rings. The predicted molar refractivity (Wildman–Crippen MR) is 121 cm³/mol. The summed E-state index contributed by atoms with van der Waals surface area (Å²) in [5, 5.41) is 9.42. The highest BCUT2D eigenvalue weighted by molar-refractivity contribution is 7.99. The second-order valence-corrected chi connectivity index (χ2v) is 8.18. The molecule has 0 saturated heterocycles. The van der Waals surface area contributed by atoms with Gasteiger partial charge in [-0.25, -0.2) is 0 Å². The van der Waals surface area contributed by atoms with E-state index >= 15 is 0 Å². The molecule has 0 spiro atoms. The number of aromatic nitrogens is 4. The molecule has 0 amide bonds. The molecule has 160 valence electrons. The SMILES string of the molecule is O=C(CCc1ccc2c(c1)OCO2)CSc1nnc(-c2cccnc2)n1-c1ccccc1. The van der Waals surface area contributed by atoms with Crippen LogP contribution in [0.1, 0.15) is 12.0 Å². The van der Waals surface area contributed by atoms with Crippen molar-refractivity contribution in [2.45, 2.75) is 18.0 Å². The van der Waals surface area contributed by atoms with E-state index in [1.807, 2.05) is 65.2 Å². The Bertz CT molecular complexity index is 1230. The number of thioether (sulfide) groups is 1. The summed E-state index contributed by atoms with van der Waals surface area (Å²) in [5.74, 6) is 2.66. The van der Waals surface area contributed by atoms with Crippen molar-refractivity contribution in [3.05, 3.63) is 78.6 Å². The molecule has 1 aliphatic heterocycles. The van der Waals surface area contributed by atoms with Crippen molar-refractivity contribution in [3.8, 4) is 28.6 Å². The van der Waals surface area contributed by atoms with Crippen LogP contribution in [-0.2, 0) is 11.2 Å². The van der Waals surface area contributed by atoms with Crippen LogP contribution in [0, 0.1) is 0 Å². The van der Waals surface area contributed by atoms with E-state index < -0.39 is 0 Å². The van der Waals surface area contributed by atoms with Crippen LogP contribution in [-0.4, -0.2) is 38.1 Å². The van der Waals surface area contributed by atoms with Gasteiger partial charge in [-0.3, -0.25) is 14.3 Å². The number of ketones is 1. The number of fused-ring (bicyclic) bond motifs is 1. The number of hydrogen-bond donors (Lipinski definition) is 0. The van der Waals surface area contributed by atoms with Crippen molar-refractivity contribution in [1.29, 1.82) is 0 Å². The van der Waals surface area contributed by atoms with Crippen LogP contribution in [0.15, 0.2) is 78.2 Å². The van der Waals surface area contributed by atoms with E-state index in [-0.39, 0.29) is 12.6 Å². The molecule has 0 atom stereocenters. The summed E-state index contributed by atoms with van der Waals surface area (Å²) in [7, 11) is 0. The third-order valence-corrected chi connectivity index (χ3v) is 6.05. The second-order valence-electron chi connectivity index (χ2n) is 7.23. The Labute approximate surface area is 189 Å². The Kier molecular flexibility index (Phi) is 5.85. The molecule has 0 fully saturated rings. The Morgan fingerprint density at radius 3 is 2.72 bits per heavy atom. The number of ether oxygens (including phenoxy) is 2. The molecule has 2 aromatic heterocycles. The normalized spacial score (nSPS) is 12.1. The summed E-state index contributed by atoms with van der Waals surface area (Å²) in [6.07, 6.45) is 4.58. The number of Topliss-reactive ketones (excluding diaryl/α,β-unsaturated/α-hetero) is 1. The minimum Gasteiger partial charge on any atom is -0.454 e. The first kappa shape index (κ1) is 20.3. The van der Waals surface area contributed by atoms with Gasteiger partial charge in [-0.1, -0.05) is 36.0 Å².